The van der Waals surface area contributed by atoms with Gasteiger partial charge < -0.3 is 15.5 Å². The van der Waals surface area contributed by atoms with Gasteiger partial charge in [-0.3, -0.25) is 4.98 Å². The fourth-order valence-corrected chi connectivity index (χ4v) is 3.53. The van der Waals surface area contributed by atoms with Gasteiger partial charge >= 0.3 is 0 Å². The van der Waals surface area contributed by atoms with Crippen LogP contribution in [-0.2, 0) is 0 Å². The van der Waals surface area contributed by atoms with Crippen LogP contribution in [0, 0.1) is 5.82 Å². The fraction of sp³-hybridized carbons (Fsp3) is 0.182. The van der Waals surface area contributed by atoms with Gasteiger partial charge in [0.1, 0.15) is 17.2 Å². The number of pyridine rings is 2. The number of fused-ring (bicyclic) bond motifs is 1. The molecule has 0 unspecified atom stereocenters. The summed E-state index contributed by atoms with van der Waals surface area (Å²) in [5, 5.41) is 7.37. The molecule has 5 rings (SSSR count). The van der Waals surface area contributed by atoms with Crippen molar-refractivity contribution in [2.24, 2.45) is 0 Å². The molecule has 0 radical (unpaired) electrons. The maximum Gasteiger partial charge on any atom is 0.227 e. The van der Waals surface area contributed by atoms with Gasteiger partial charge in [0.15, 0.2) is 0 Å². The van der Waals surface area contributed by atoms with Gasteiger partial charge in [-0.2, -0.15) is 0 Å². The van der Waals surface area contributed by atoms with Crippen LogP contribution in [0.1, 0.15) is 0 Å². The van der Waals surface area contributed by atoms with Crippen molar-refractivity contribution in [3.05, 3.63) is 66.9 Å². The first-order valence-electron chi connectivity index (χ1n) is 9.83. The third kappa shape index (κ3) is 3.77. The molecule has 0 bridgehead atoms. The number of nitrogens with one attached hydrogen (secondary N) is 2. The SMILES string of the molecule is Fc1cccc(-c2nccc3cnc(Nc4ccc(N5CCNCC5)nc4)nc23)c1. The molecule has 0 amide bonds. The van der Waals surface area contributed by atoms with Crippen LogP contribution in [-0.4, -0.2) is 46.1 Å². The molecule has 3 aromatic heterocycles. The summed E-state index contributed by atoms with van der Waals surface area (Å²) < 4.78 is 13.7. The molecule has 0 spiro atoms. The van der Waals surface area contributed by atoms with E-state index in [1.165, 1.54) is 12.1 Å². The van der Waals surface area contributed by atoms with Gasteiger partial charge in [0, 0.05) is 49.5 Å². The smallest absolute Gasteiger partial charge is 0.227 e. The van der Waals surface area contributed by atoms with E-state index >= 15 is 0 Å². The molecule has 0 aliphatic carbocycles. The van der Waals surface area contributed by atoms with Crippen molar-refractivity contribution < 1.29 is 4.39 Å². The highest BCUT2D eigenvalue weighted by Gasteiger charge is 2.12. The lowest BCUT2D eigenvalue weighted by Gasteiger charge is -2.28. The van der Waals surface area contributed by atoms with Gasteiger partial charge in [0.05, 0.1) is 17.6 Å². The molecule has 0 saturated carbocycles. The Morgan fingerprint density at radius 1 is 0.967 bits per heavy atom. The Morgan fingerprint density at radius 3 is 2.67 bits per heavy atom. The van der Waals surface area contributed by atoms with E-state index in [9.17, 15) is 4.39 Å². The molecule has 7 nitrogen and oxygen atoms in total. The van der Waals surface area contributed by atoms with E-state index in [4.69, 9.17) is 0 Å². The van der Waals surface area contributed by atoms with Crippen LogP contribution in [0.2, 0.25) is 0 Å². The summed E-state index contributed by atoms with van der Waals surface area (Å²) in [6.07, 6.45) is 5.19. The molecule has 4 aromatic rings. The van der Waals surface area contributed by atoms with Crippen molar-refractivity contribution in [2.75, 3.05) is 36.4 Å². The maximum absolute atomic E-state index is 13.7. The molecule has 2 N–H and O–H groups in total. The lowest BCUT2D eigenvalue weighted by molar-refractivity contribution is 0.585. The van der Waals surface area contributed by atoms with Gasteiger partial charge in [-0.25, -0.2) is 19.3 Å². The van der Waals surface area contributed by atoms with Gasteiger partial charge in [-0.15, -0.1) is 0 Å². The Kier molecular flexibility index (Phi) is 4.90. The second kappa shape index (κ2) is 8.00. The minimum Gasteiger partial charge on any atom is -0.354 e. The second-order valence-corrected chi connectivity index (χ2v) is 7.07. The molecule has 8 heteroatoms. The monoisotopic (exact) mass is 401 g/mol. The first-order chi connectivity index (χ1) is 14.8. The molecule has 1 saturated heterocycles. The van der Waals surface area contributed by atoms with Crippen molar-refractivity contribution in [1.29, 1.82) is 0 Å². The average Bonchev–Trinajstić information content (AvgIpc) is 2.80. The van der Waals surface area contributed by atoms with E-state index in [0.717, 1.165) is 43.1 Å². The minimum absolute atomic E-state index is 0.311. The first kappa shape index (κ1) is 18.4. The zero-order valence-corrected chi connectivity index (χ0v) is 16.2. The predicted molar refractivity (Wildman–Crippen MR) is 115 cm³/mol. The summed E-state index contributed by atoms with van der Waals surface area (Å²) in [6, 6.07) is 12.1. The molecular weight excluding hydrogens is 381 g/mol. The summed E-state index contributed by atoms with van der Waals surface area (Å²) in [4.78, 5) is 20.3. The zero-order chi connectivity index (χ0) is 20.3. The molecule has 1 aliphatic rings. The molecule has 1 fully saturated rings. The maximum atomic E-state index is 13.7. The van der Waals surface area contributed by atoms with Crippen molar-refractivity contribution in [3.63, 3.8) is 0 Å². The Labute approximate surface area is 173 Å². The van der Waals surface area contributed by atoms with E-state index in [0.29, 0.717) is 22.7 Å². The Balaban J connectivity index is 1.43. The van der Waals surface area contributed by atoms with E-state index in [-0.39, 0.29) is 5.82 Å². The van der Waals surface area contributed by atoms with Gasteiger partial charge in [0.2, 0.25) is 5.95 Å². The van der Waals surface area contributed by atoms with Crippen molar-refractivity contribution in [3.8, 4) is 11.3 Å². The Morgan fingerprint density at radius 2 is 1.87 bits per heavy atom. The number of hydrogen-bond acceptors (Lipinski definition) is 7. The van der Waals surface area contributed by atoms with Crippen LogP contribution < -0.4 is 15.5 Å². The average molecular weight is 401 g/mol. The van der Waals surface area contributed by atoms with Gasteiger partial charge in [-0.05, 0) is 30.3 Å². The number of piperazine rings is 1. The molecule has 150 valence electrons. The number of halogens is 1. The largest absolute Gasteiger partial charge is 0.354 e. The quantitative estimate of drug-likeness (QED) is 0.543. The van der Waals surface area contributed by atoms with E-state index in [1.54, 1.807) is 24.7 Å². The van der Waals surface area contributed by atoms with Crippen molar-refractivity contribution in [1.82, 2.24) is 25.3 Å². The summed E-state index contributed by atoms with van der Waals surface area (Å²) >= 11 is 0. The van der Waals surface area contributed by atoms with Crippen LogP contribution in [0.5, 0.6) is 0 Å². The van der Waals surface area contributed by atoms with Crippen LogP contribution in [0.15, 0.2) is 61.1 Å². The van der Waals surface area contributed by atoms with Crippen molar-refractivity contribution >= 4 is 28.4 Å². The summed E-state index contributed by atoms with van der Waals surface area (Å²) in [5.74, 6) is 1.08. The third-order valence-electron chi connectivity index (χ3n) is 5.04. The zero-order valence-electron chi connectivity index (χ0n) is 16.2. The highest BCUT2D eigenvalue weighted by molar-refractivity contribution is 5.91. The highest BCUT2D eigenvalue weighted by Crippen LogP contribution is 2.26. The van der Waals surface area contributed by atoms with E-state index in [2.05, 4.69) is 35.5 Å². The molecule has 1 aliphatic heterocycles. The summed E-state index contributed by atoms with van der Waals surface area (Å²) in [6.45, 7) is 3.83. The summed E-state index contributed by atoms with van der Waals surface area (Å²) in [7, 11) is 0. The Hall–Kier alpha value is -3.65. The fourth-order valence-electron chi connectivity index (χ4n) is 3.53. The lowest BCUT2D eigenvalue weighted by atomic mass is 10.1. The standard InChI is InChI=1S/C22H20FN7/c23-17-3-1-2-15(12-17)20-21-16(6-7-25-20)13-27-22(29-21)28-18-4-5-19(26-14-18)30-10-8-24-9-11-30/h1-7,12-14,24H,8-11H2,(H,27,28,29). The predicted octanol–water partition coefficient (Wildman–Crippen LogP) is 3.38. The number of hydrogen-bond donors (Lipinski definition) is 2. The molecule has 1 aromatic carbocycles. The van der Waals surface area contributed by atoms with Crippen LogP contribution in [0.4, 0.5) is 21.8 Å². The van der Waals surface area contributed by atoms with Gasteiger partial charge in [0.25, 0.3) is 0 Å². The first-order valence-corrected chi connectivity index (χ1v) is 9.83. The highest BCUT2D eigenvalue weighted by atomic mass is 19.1. The van der Waals surface area contributed by atoms with Crippen molar-refractivity contribution in [2.45, 2.75) is 0 Å². The number of rotatable bonds is 4. The summed E-state index contributed by atoms with van der Waals surface area (Å²) in [5.41, 5.74) is 2.74. The number of anilines is 3. The second-order valence-electron chi connectivity index (χ2n) is 7.07. The lowest BCUT2D eigenvalue weighted by Crippen LogP contribution is -2.43. The van der Waals surface area contributed by atoms with E-state index < -0.39 is 0 Å². The van der Waals surface area contributed by atoms with Crippen LogP contribution >= 0.6 is 0 Å². The third-order valence-corrected chi connectivity index (χ3v) is 5.04. The topological polar surface area (TPSA) is 78.9 Å². The number of benzene rings is 1. The molecular formula is C22H20FN7. The molecule has 0 atom stereocenters. The molecule has 4 heterocycles. The number of nitrogens with zero attached hydrogens (tertiary/aromatic N) is 5. The van der Waals surface area contributed by atoms with E-state index in [1.807, 2.05) is 24.3 Å². The van der Waals surface area contributed by atoms with Crippen LogP contribution in [0.3, 0.4) is 0 Å². The minimum atomic E-state index is -0.311. The Bertz CT molecular complexity index is 1170. The number of aromatic nitrogens is 4. The molecule has 30 heavy (non-hydrogen) atoms. The normalized spacial score (nSPS) is 14.1. The van der Waals surface area contributed by atoms with Crippen LogP contribution in [0.25, 0.3) is 22.2 Å². The van der Waals surface area contributed by atoms with Gasteiger partial charge in [-0.1, -0.05) is 12.1 Å².